The fraction of sp³-hybridized carbons (Fsp3) is 0. The number of nitro benzene ring substituents is 2. The first kappa shape index (κ1) is 14.7. The van der Waals surface area contributed by atoms with Crippen molar-refractivity contribution in [2.45, 2.75) is 0 Å². The molecule has 2 aromatic rings. The molecule has 0 aliphatic carbocycles. The van der Waals surface area contributed by atoms with Crippen molar-refractivity contribution in [2.75, 3.05) is 0 Å². The van der Waals surface area contributed by atoms with Crippen LogP contribution in [-0.4, -0.2) is 9.85 Å². The first-order valence-corrected chi connectivity index (χ1v) is 6.22. The van der Waals surface area contributed by atoms with Crippen molar-refractivity contribution in [3.63, 3.8) is 0 Å². The second-order valence-electron chi connectivity index (χ2n) is 4.11. The molecular formula is C14H9ClN2O4. The number of para-hydroxylation sites is 1. The number of rotatable bonds is 4. The Balaban J connectivity index is 2.43. The molecular weight excluding hydrogens is 296 g/mol. The quantitative estimate of drug-likeness (QED) is 0.478. The fourth-order valence-corrected chi connectivity index (χ4v) is 1.96. The molecule has 21 heavy (non-hydrogen) atoms. The molecule has 0 spiro atoms. The summed E-state index contributed by atoms with van der Waals surface area (Å²) >= 11 is 5.73. The fourth-order valence-electron chi connectivity index (χ4n) is 1.79. The van der Waals surface area contributed by atoms with Crippen LogP contribution < -0.4 is 0 Å². The van der Waals surface area contributed by atoms with Gasteiger partial charge in [0, 0.05) is 17.2 Å². The van der Waals surface area contributed by atoms with E-state index in [1.54, 1.807) is 18.2 Å². The van der Waals surface area contributed by atoms with Gasteiger partial charge in [-0.15, -0.1) is 0 Å². The van der Waals surface area contributed by atoms with Crippen LogP contribution in [0.4, 0.5) is 11.4 Å². The van der Waals surface area contributed by atoms with Crippen molar-refractivity contribution in [1.29, 1.82) is 0 Å². The average molecular weight is 305 g/mol. The standard InChI is InChI=1S/C14H9ClN2O4/c15-12-8-7-11(14(9-12)17(20)21)6-5-10-3-1-2-4-13(10)16(18)19/h1-9H. The molecule has 0 atom stereocenters. The highest BCUT2D eigenvalue weighted by molar-refractivity contribution is 6.30. The van der Waals surface area contributed by atoms with E-state index in [9.17, 15) is 20.2 Å². The van der Waals surface area contributed by atoms with Gasteiger partial charge in [-0.25, -0.2) is 0 Å². The van der Waals surface area contributed by atoms with E-state index in [1.807, 2.05) is 0 Å². The molecule has 2 aromatic carbocycles. The molecule has 0 saturated heterocycles. The topological polar surface area (TPSA) is 86.3 Å². The van der Waals surface area contributed by atoms with Crippen molar-refractivity contribution in [3.8, 4) is 0 Å². The van der Waals surface area contributed by atoms with Crippen LogP contribution in [0.15, 0.2) is 42.5 Å². The molecule has 0 bridgehead atoms. The molecule has 0 unspecified atom stereocenters. The van der Waals surface area contributed by atoms with Crippen LogP contribution in [0.25, 0.3) is 12.2 Å². The van der Waals surface area contributed by atoms with E-state index in [0.717, 1.165) is 0 Å². The average Bonchev–Trinajstić information content (AvgIpc) is 2.46. The third kappa shape index (κ3) is 3.43. The Kier molecular flexibility index (Phi) is 4.30. The summed E-state index contributed by atoms with van der Waals surface area (Å²) in [5.74, 6) is 0. The lowest BCUT2D eigenvalue weighted by Gasteiger charge is -1.99. The molecule has 0 amide bonds. The van der Waals surface area contributed by atoms with Gasteiger partial charge in [0.25, 0.3) is 11.4 Å². The van der Waals surface area contributed by atoms with E-state index in [0.29, 0.717) is 11.1 Å². The van der Waals surface area contributed by atoms with Crippen LogP contribution in [-0.2, 0) is 0 Å². The van der Waals surface area contributed by atoms with Crippen LogP contribution in [0.3, 0.4) is 0 Å². The number of halogens is 1. The van der Waals surface area contributed by atoms with Gasteiger partial charge in [0.05, 0.1) is 21.0 Å². The molecule has 7 heteroatoms. The minimum atomic E-state index is -0.551. The number of nitrogens with zero attached hydrogens (tertiary/aromatic N) is 2. The largest absolute Gasteiger partial charge is 0.278 e. The number of nitro groups is 2. The predicted octanol–water partition coefficient (Wildman–Crippen LogP) is 4.33. The zero-order valence-electron chi connectivity index (χ0n) is 10.6. The first-order chi connectivity index (χ1) is 9.99. The zero-order chi connectivity index (χ0) is 15.4. The second kappa shape index (κ2) is 6.15. The number of hydrogen-bond acceptors (Lipinski definition) is 4. The molecule has 2 rings (SSSR count). The lowest BCUT2D eigenvalue weighted by Crippen LogP contribution is -1.92. The third-order valence-corrected chi connectivity index (χ3v) is 3.00. The van der Waals surface area contributed by atoms with Gasteiger partial charge in [-0.2, -0.15) is 0 Å². The number of benzene rings is 2. The summed E-state index contributed by atoms with van der Waals surface area (Å²) in [4.78, 5) is 20.8. The molecule has 106 valence electrons. The van der Waals surface area contributed by atoms with Crippen molar-refractivity contribution < 1.29 is 9.85 Å². The first-order valence-electron chi connectivity index (χ1n) is 5.84. The predicted molar refractivity (Wildman–Crippen MR) is 80.1 cm³/mol. The minimum Gasteiger partial charge on any atom is -0.258 e. The molecule has 6 nitrogen and oxygen atoms in total. The molecule has 0 saturated carbocycles. The highest BCUT2D eigenvalue weighted by Crippen LogP contribution is 2.26. The molecule has 0 aliphatic heterocycles. The van der Waals surface area contributed by atoms with E-state index in [1.165, 1.54) is 36.4 Å². The monoisotopic (exact) mass is 304 g/mol. The van der Waals surface area contributed by atoms with Crippen LogP contribution in [0.2, 0.25) is 5.02 Å². The van der Waals surface area contributed by atoms with Gasteiger partial charge in [0.1, 0.15) is 0 Å². The van der Waals surface area contributed by atoms with Gasteiger partial charge < -0.3 is 0 Å². The van der Waals surface area contributed by atoms with Gasteiger partial charge >= 0.3 is 0 Å². The molecule has 0 heterocycles. The third-order valence-electron chi connectivity index (χ3n) is 2.77. The summed E-state index contributed by atoms with van der Waals surface area (Å²) in [6, 6.07) is 10.4. The molecule has 0 N–H and O–H groups in total. The molecule has 0 aliphatic rings. The Morgan fingerprint density at radius 2 is 1.43 bits per heavy atom. The van der Waals surface area contributed by atoms with Crippen LogP contribution in [0.5, 0.6) is 0 Å². The molecule has 0 aromatic heterocycles. The Labute approximate surface area is 124 Å². The maximum atomic E-state index is 11.0. The van der Waals surface area contributed by atoms with Crippen molar-refractivity contribution in [1.82, 2.24) is 0 Å². The van der Waals surface area contributed by atoms with Crippen molar-refractivity contribution in [3.05, 3.63) is 78.8 Å². The summed E-state index contributed by atoms with van der Waals surface area (Å²) in [5, 5.41) is 22.1. The highest BCUT2D eigenvalue weighted by atomic mass is 35.5. The van der Waals surface area contributed by atoms with Gasteiger partial charge in [-0.05, 0) is 30.4 Å². The summed E-state index contributed by atoms with van der Waals surface area (Å²) in [7, 11) is 0. The Morgan fingerprint density at radius 1 is 0.857 bits per heavy atom. The van der Waals surface area contributed by atoms with Gasteiger partial charge in [-0.1, -0.05) is 23.7 Å². The van der Waals surface area contributed by atoms with Crippen LogP contribution in [0.1, 0.15) is 11.1 Å². The maximum Gasteiger partial charge on any atom is 0.278 e. The zero-order valence-corrected chi connectivity index (χ0v) is 11.4. The maximum absolute atomic E-state index is 11.0. The van der Waals surface area contributed by atoms with Crippen molar-refractivity contribution >= 4 is 35.1 Å². The molecule has 0 radical (unpaired) electrons. The SMILES string of the molecule is O=[N+]([O-])c1ccccc1C=Cc1ccc(Cl)cc1[N+](=O)[O-]. The summed E-state index contributed by atoms with van der Waals surface area (Å²) in [6.45, 7) is 0. The number of hydrogen-bond donors (Lipinski definition) is 0. The summed E-state index contributed by atoms with van der Waals surface area (Å²) in [6.07, 6.45) is 2.92. The normalized spacial score (nSPS) is 10.7. The summed E-state index contributed by atoms with van der Waals surface area (Å²) < 4.78 is 0. The van der Waals surface area contributed by atoms with Crippen molar-refractivity contribution in [2.24, 2.45) is 0 Å². The summed E-state index contributed by atoms with van der Waals surface area (Å²) in [5.41, 5.74) is 0.469. The Bertz CT molecular complexity index is 744. The second-order valence-corrected chi connectivity index (χ2v) is 4.55. The van der Waals surface area contributed by atoms with E-state index < -0.39 is 9.85 Å². The molecule has 0 fully saturated rings. The van der Waals surface area contributed by atoms with Gasteiger partial charge in [-0.3, -0.25) is 20.2 Å². The minimum absolute atomic E-state index is 0.0645. The van der Waals surface area contributed by atoms with E-state index in [2.05, 4.69) is 0 Å². The van der Waals surface area contributed by atoms with E-state index >= 15 is 0 Å². The van der Waals surface area contributed by atoms with Crippen LogP contribution in [0, 0.1) is 20.2 Å². The smallest absolute Gasteiger partial charge is 0.258 e. The lowest BCUT2D eigenvalue weighted by molar-refractivity contribution is -0.385. The van der Waals surface area contributed by atoms with Crippen LogP contribution >= 0.6 is 11.6 Å². The highest BCUT2D eigenvalue weighted by Gasteiger charge is 2.13. The Morgan fingerprint density at radius 3 is 2.05 bits per heavy atom. The lowest BCUT2D eigenvalue weighted by atomic mass is 10.1. The van der Waals surface area contributed by atoms with Gasteiger partial charge in [0.15, 0.2) is 0 Å². The van der Waals surface area contributed by atoms with E-state index in [-0.39, 0.29) is 16.4 Å². The van der Waals surface area contributed by atoms with Gasteiger partial charge in [0.2, 0.25) is 0 Å². The Hall–Kier alpha value is -2.73. The van der Waals surface area contributed by atoms with E-state index in [4.69, 9.17) is 11.6 Å².